The summed E-state index contributed by atoms with van der Waals surface area (Å²) in [6, 6.07) is 3.99. The number of halogens is 1. The summed E-state index contributed by atoms with van der Waals surface area (Å²) in [7, 11) is -0.991. The van der Waals surface area contributed by atoms with Gasteiger partial charge in [-0.15, -0.1) is 0 Å². The standard InChI is InChI=1S/C14H19FO4.BH3O3/c1-13(2,17)14(3,18)8-9-5-6-10(11(15)7-9)12(16)19-4;2-1(3)4/h5-7,17-18H,8H2,1-4H3;2-4H. The van der Waals surface area contributed by atoms with Crippen molar-refractivity contribution in [3.05, 3.63) is 35.1 Å². The number of carbonyl (C=O) groups is 1. The summed E-state index contributed by atoms with van der Waals surface area (Å²) in [5.41, 5.74) is -2.41. The van der Waals surface area contributed by atoms with Crippen molar-refractivity contribution in [3.63, 3.8) is 0 Å². The minimum atomic E-state index is -2.17. The fourth-order valence-electron chi connectivity index (χ4n) is 1.56. The minimum absolute atomic E-state index is 0.0644. The molecular weight excluding hydrogens is 310 g/mol. The zero-order valence-corrected chi connectivity index (χ0v) is 13.4. The van der Waals surface area contributed by atoms with Crippen LogP contribution >= 0.6 is 0 Å². The molecule has 9 heteroatoms. The number of rotatable bonds is 4. The fourth-order valence-corrected chi connectivity index (χ4v) is 1.56. The smallest absolute Gasteiger partial charge is 0.465 e. The lowest BCUT2D eigenvalue weighted by Crippen LogP contribution is -2.49. The van der Waals surface area contributed by atoms with Crippen molar-refractivity contribution in [1.29, 1.82) is 0 Å². The van der Waals surface area contributed by atoms with Gasteiger partial charge in [-0.25, -0.2) is 9.18 Å². The summed E-state index contributed by atoms with van der Waals surface area (Å²) in [6.45, 7) is 4.43. The van der Waals surface area contributed by atoms with Crippen molar-refractivity contribution >= 4 is 13.3 Å². The predicted octanol–water partition coefficient (Wildman–Crippen LogP) is -0.375. The average molecular weight is 332 g/mol. The van der Waals surface area contributed by atoms with E-state index in [0.29, 0.717) is 5.56 Å². The Labute approximate surface area is 134 Å². The molecule has 1 rings (SSSR count). The van der Waals surface area contributed by atoms with E-state index in [0.717, 1.165) is 6.07 Å². The molecule has 7 nitrogen and oxygen atoms in total. The summed E-state index contributed by atoms with van der Waals surface area (Å²) in [6.07, 6.45) is 0.0644. The maximum Gasteiger partial charge on any atom is 0.631 e. The van der Waals surface area contributed by atoms with Gasteiger partial charge in [0.15, 0.2) is 0 Å². The molecule has 1 unspecified atom stereocenters. The van der Waals surface area contributed by atoms with Gasteiger partial charge in [-0.3, -0.25) is 0 Å². The van der Waals surface area contributed by atoms with Gasteiger partial charge in [-0.1, -0.05) is 6.07 Å². The highest BCUT2D eigenvalue weighted by Gasteiger charge is 2.37. The van der Waals surface area contributed by atoms with E-state index < -0.39 is 30.3 Å². The molecule has 0 amide bonds. The Kier molecular flexibility index (Phi) is 7.82. The van der Waals surface area contributed by atoms with Gasteiger partial charge in [0.25, 0.3) is 0 Å². The van der Waals surface area contributed by atoms with Crippen LogP contribution in [0.3, 0.4) is 0 Å². The Morgan fingerprint density at radius 1 is 1.22 bits per heavy atom. The van der Waals surface area contributed by atoms with Crippen molar-refractivity contribution in [2.45, 2.75) is 38.4 Å². The van der Waals surface area contributed by atoms with Gasteiger partial charge in [0.1, 0.15) is 5.82 Å². The first-order valence-electron chi connectivity index (χ1n) is 6.67. The molecule has 23 heavy (non-hydrogen) atoms. The molecular formula is C14H22BFO7. The molecule has 1 aromatic rings. The van der Waals surface area contributed by atoms with E-state index in [1.165, 1.54) is 40.0 Å². The van der Waals surface area contributed by atoms with E-state index in [2.05, 4.69) is 4.74 Å². The Morgan fingerprint density at radius 3 is 2.04 bits per heavy atom. The molecule has 0 radical (unpaired) electrons. The van der Waals surface area contributed by atoms with E-state index in [-0.39, 0.29) is 12.0 Å². The van der Waals surface area contributed by atoms with E-state index in [9.17, 15) is 19.4 Å². The van der Waals surface area contributed by atoms with Crippen molar-refractivity contribution in [2.24, 2.45) is 0 Å². The quantitative estimate of drug-likeness (QED) is 0.376. The van der Waals surface area contributed by atoms with Crippen LogP contribution in [0.5, 0.6) is 0 Å². The van der Waals surface area contributed by atoms with Crippen molar-refractivity contribution in [2.75, 3.05) is 7.11 Å². The van der Waals surface area contributed by atoms with Gasteiger partial charge in [-0.05, 0) is 38.5 Å². The molecule has 5 N–H and O–H groups in total. The van der Waals surface area contributed by atoms with E-state index >= 15 is 0 Å². The lowest BCUT2D eigenvalue weighted by molar-refractivity contribution is -0.118. The molecule has 0 saturated carbocycles. The first-order chi connectivity index (χ1) is 10.3. The van der Waals surface area contributed by atoms with Crippen LogP contribution in [0.4, 0.5) is 4.39 Å². The van der Waals surface area contributed by atoms with E-state index in [4.69, 9.17) is 15.1 Å². The van der Waals surface area contributed by atoms with Gasteiger partial charge in [0.05, 0.1) is 23.9 Å². The SMILES string of the molecule is COC(=O)c1ccc(CC(C)(O)C(C)(C)O)cc1F.OB(O)O. The van der Waals surface area contributed by atoms with Crippen LogP contribution < -0.4 is 0 Å². The lowest BCUT2D eigenvalue weighted by Gasteiger charge is -2.35. The van der Waals surface area contributed by atoms with Crippen LogP contribution in [-0.2, 0) is 11.2 Å². The molecule has 0 spiro atoms. The number of benzene rings is 1. The monoisotopic (exact) mass is 332 g/mol. The summed E-state index contributed by atoms with van der Waals surface area (Å²) < 4.78 is 18.2. The number of hydrogen-bond donors (Lipinski definition) is 5. The number of hydrogen-bond acceptors (Lipinski definition) is 7. The first kappa shape index (κ1) is 21.5. The van der Waals surface area contributed by atoms with Crippen molar-refractivity contribution in [3.8, 4) is 0 Å². The Balaban J connectivity index is 0.00000108. The second-order valence-corrected chi connectivity index (χ2v) is 5.66. The molecule has 0 aliphatic rings. The van der Waals surface area contributed by atoms with Gasteiger partial charge < -0.3 is 30.0 Å². The summed E-state index contributed by atoms with van der Waals surface area (Å²) in [4.78, 5) is 11.2. The maximum atomic E-state index is 13.7. The van der Waals surface area contributed by atoms with Crippen molar-refractivity contribution in [1.82, 2.24) is 0 Å². The van der Waals surface area contributed by atoms with Crippen LogP contribution in [0.2, 0.25) is 0 Å². The van der Waals surface area contributed by atoms with Gasteiger partial charge >= 0.3 is 13.3 Å². The molecule has 0 aliphatic heterocycles. The molecule has 1 atom stereocenters. The third kappa shape index (κ3) is 7.06. The molecule has 0 aromatic heterocycles. The summed E-state index contributed by atoms with van der Waals surface area (Å²) in [5.74, 6) is -1.46. The van der Waals surface area contributed by atoms with Gasteiger partial charge in [0, 0.05) is 6.42 Å². The predicted molar refractivity (Wildman–Crippen MR) is 80.8 cm³/mol. The van der Waals surface area contributed by atoms with Crippen LogP contribution in [0, 0.1) is 5.82 Å². The molecule has 0 heterocycles. The second kappa shape index (κ2) is 8.37. The van der Waals surface area contributed by atoms with E-state index in [1.807, 2.05) is 0 Å². The third-order valence-corrected chi connectivity index (χ3v) is 3.31. The number of carbonyl (C=O) groups excluding carboxylic acids is 1. The topological polar surface area (TPSA) is 127 Å². The van der Waals surface area contributed by atoms with Gasteiger partial charge in [-0.2, -0.15) is 0 Å². The Hall–Kier alpha value is -1.52. The number of methoxy groups -OCH3 is 1. The Morgan fingerprint density at radius 2 is 1.70 bits per heavy atom. The number of ether oxygens (including phenoxy) is 1. The molecule has 0 aliphatic carbocycles. The molecule has 1 aromatic carbocycles. The molecule has 0 saturated heterocycles. The zero-order valence-electron chi connectivity index (χ0n) is 13.4. The highest BCUT2D eigenvalue weighted by Crippen LogP contribution is 2.26. The minimum Gasteiger partial charge on any atom is -0.465 e. The van der Waals surface area contributed by atoms with Crippen molar-refractivity contribution < 1.29 is 39.2 Å². The molecule has 0 fully saturated rings. The van der Waals surface area contributed by atoms with Crippen LogP contribution in [0.15, 0.2) is 18.2 Å². The summed E-state index contributed by atoms with van der Waals surface area (Å²) >= 11 is 0. The van der Waals surface area contributed by atoms with E-state index in [1.54, 1.807) is 0 Å². The highest BCUT2D eigenvalue weighted by molar-refractivity contribution is 6.30. The lowest BCUT2D eigenvalue weighted by atomic mass is 9.82. The first-order valence-corrected chi connectivity index (χ1v) is 6.67. The highest BCUT2D eigenvalue weighted by atomic mass is 19.1. The average Bonchev–Trinajstić information content (AvgIpc) is 2.35. The van der Waals surface area contributed by atoms with Crippen LogP contribution in [-0.4, -0.2) is 56.9 Å². The largest absolute Gasteiger partial charge is 0.631 e. The van der Waals surface area contributed by atoms with Crippen LogP contribution in [0.1, 0.15) is 36.7 Å². The number of aliphatic hydroxyl groups is 2. The molecule has 130 valence electrons. The fraction of sp³-hybridized carbons (Fsp3) is 0.500. The third-order valence-electron chi connectivity index (χ3n) is 3.31. The zero-order chi connectivity index (χ0) is 18.4. The number of esters is 1. The normalized spacial score (nSPS) is 13.5. The maximum absolute atomic E-state index is 13.7. The Bertz CT molecular complexity index is 524. The second-order valence-electron chi connectivity index (χ2n) is 5.66. The summed E-state index contributed by atoms with van der Waals surface area (Å²) in [5, 5.41) is 41.5. The van der Waals surface area contributed by atoms with Gasteiger partial charge in [0.2, 0.25) is 0 Å². The molecule has 0 bridgehead atoms. The van der Waals surface area contributed by atoms with Crippen LogP contribution in [0.25, 0.3) is 0 Å².